The fraction of sp³-hybridized carbons (Fsp3) is 0.579. The molecule has 0 radical (unpaired) electrons. The van der Waals surface area contributed by atoms with Crippen LogP contribution in [-0.4, -0.2) is 48.6 Å². The van der Waals surface area contributed by atoms with E-state index in [0.29, 0.717) is 26.2 Å². The summed E-state index contributed by atoms with van der Waals surface area (Å²) in [6.45, 7) is 5.89. The van der Waals surface area contributed by atoms with Crippen LogP contribution in [0.15, 0.2) is 18.2 Å². The van der Waals surface area contributed by atoms with Gasteiger partial charge >= 0.3 is 0 Å². The van der Waals surface area contributed by atoms with Gasteiger partial charge in [0.1, 0.15) is 0 Å². The molecule has 0 N–H and O–H groups in total. The van der Waals surface area contributed by atoms with E-state index in [1.807, 2.05) is 30.0 Å². The number of anilines is 1. The maximum absolute atomic E-state index is 13.0. The normalized spacial score (nSPS) is 29.4. The van der Waals surface area contributed by atoms with Gasteiger partial charge in [0.05, 0.1) is 31.2 Å². The Kier molecular flexibility index (Phi) is 3.83. The van der Waals surface area contributed by atoms with E-state index in [1.165, 1.54) is 11.1 Å². The van der Waals surface area contributed by atoms with Gasteiger partial charge in [0.25, 0.3) is 0 Å². The third-order valence-electron chi connectivity index (χ3n) is 5.77. The zero-order valence-electron chi connectivity index (χ0n) is 14.3. The molecule has 2 bridgehead atoms. The van der Waals surface area contributed by atoms with Crippen molar-refractivity contribution in [3.63, 3.8) is 0 Å². The van der Waals surface area contributed by atoms with Crippen LogP contribution in [0.3, 0.4) is 0 Å². The van der Waals surface area contributed by atoms with Crippen LogP contribution >= 0.6 is 0 Å². The standard InChI is InChI=1S/C19H24N2O3/c1-12-3-4-15(7-13(12)2)20-9-14(8-18(20)22)19(23)21-16-5-6-17(21)11-24-10-16/h3-4,7,14,16-17H,5-6,8-11H2,1-2H3/t14-,16-,17+/m0/s1. The summed E-state index contributed by atoms with van der Waals surface area (Å²) in [7, 11) is 0. The zero-order chi connectivity index (χ0) is 16.8. The van der Waals surface area contributed by atoms with Gasteiger partial charge in [-0.2, -0.15) is 0 Å². The molecule has 3 heterocycles. The van der Waals surface area contributed by atoms with E-state index in [0.717, 1.165) is 18.5 Å². The van der Waals surface area contributed by atoms with Gasteiger partial charge in [-0.05, 0) is 49.9 Å². The minimum atomic E-state index is -0.222. The van der Waals surface area contributed by atoms with Crippen molar-refractivity contribution >= 4 is 17.5 Å². The lowest BCUT2D eigenvalue weighted by atomic mass is 10.1. The Morgan fingerprint density at radius 2 is 1.83 bits per heavy atom. The Labute approximate surface area is 142 Å². The first-order valence-corrected chi connectivity index (χ1v) is 8.82. The SMILES string of the molecule is Cc1ccc(N2C[C@@H](C(=O)N3[C@@H]4CC[C@H]3COC4)CC2=O)cc1C. The molecule has 2 amide bonds. The molecule has 3 aliphatic heterocycles. The number of amides is 2. The van der Waals surface area contributed by atoms with Gasteiger partial charge in [-0.15, -0.1) is 0 Å². The molecule has 4 rings (SSSR count). The van der Waals surface area contributed by atoms with E-state index < -0.39 is 0 Å². The van der Waals surface area contributed by atoms with Crippen molar-refractivity contribution < 1.29 is 14.3 Å². The van der Waals surface area contributed by atoms with Crippen molar-refractivity contribution in [1.82, 2.24) is 4.90 Å². The molecule has 3 aliphatic rings. The van der Waals surface area contributed by atoms with Crippen LogP contribution in [0.1, 0.15) is 30.4 Å². The number of rotatable bonds is 2. The molecule has 3 fully saturated rings. The highest BCUT2D eigenvalue weighted by atomic mass is 16.5. The number of carbonyl (C=O) groups excluding carboxylic acids is 2. The van der Waals surface area contributed by atoms with Gasteiger partial charge in [0.2, 0.25) is 11.8 Å². The van der Waals surface area contributed by atoms with Crippen LogP contribution in [0, 0.1) is 19.8 Å². The smallest absolute Gasteiger partial charge is 0.228 e. The number of morpholine rings is 1. The Bertz CT molecular complexity index is 671. The van der Waals surface area contributed by atoms with Crippen molar-refractivity contribution in [1.29, 1.82) is 0 Å². The largest absolute Gasteiger partial charge is 0.377 e. The molecule has 5 nitrogen and oxygen atoms in total. The third kappa shape index (κ3) is 2.51. The quantitative estimate of drug-likeness (QED) is 0.835. The minimum Gasteiger partial charge on any atom is -0.377 e. The summed E-state index contributed by atoms with van der Waals surface area (Å²) in [5, 5.41) is 0. The second-order valence-corrected chi connectivity index (χ2v) is 7.34. The second-order valence-electron chi connectivity index (χ2n) is 7.34. The lowest BCUT2D eigenvalue weighted by Gasteiger charge is -2.36. The average molecular weight is 328 g/mol. The predicted molar refractivity (Wildman–Crippen MR) is 90.9 cm³/mol. The summed E-state index contributed by atoms with van der Waals surface area (Å²) in [4.78, 5) is 29.3. The fourth-order valence-electron chi connectivity index (χ4n) is 4.22. The first kappa shape index (κ1) is 15.6. The third-order valence-corrected chi connectivity index (χ3v) is 5.77. The minimum absolute atomic E-state index is 0.0530. The lowest BCUT2D eigenvalue weighted by molar-refractivity contribution is -0.145. The van der Waals surface area contributed by atoms with E-state index in [9.17, 15) is 9.59 Å². The van der Waals surface area contributed by atoms with E-state index in [1.54, 1.807) is 4.90 Å². The number of benzene rings is 1. The molecule has 0 saturated carbocycles. The van der Waals surface area contributed by atoms with Crippen LogP contribution in [-0.2, 0) is 14.3 Å². The Morgan fingerprint density at radius 3 is 2.50 bits per heavy atom. The topological polar surface area (TPSA) is 49.9 Å². The predicted octanol–water partition coefficient (Wildman–Crippen LogP) is 2.05. The van der Waals surface area contributed by atoms with Crippen molar-refractivity contribution in [3.05, 3.63) is 29.3 Å². The van der Waals surface area contributed by atoms with Crippen molar-refractivity contribution in [2.24, 2.45) is 5.92 Å². The molecule has 5 heteroatoms. The summed E-state index contributed by atoms with van der Waals surface area (Å²) in [5.74, 6) is -0.0250. The maximum atomic E-state index is 13.0. The van der Waals surface area contributed by atoms with Gasteiger partial charge in [-0.1, -0.05) is 6.07 Å². The first-order chi connectivity index (χ1) is 11.5. The second kappa shape index (κ2) is 5.88. The number of nitrogens with zero attached hydrogens (tertiary/aromatic N) is 2. The molecule has 3 atom stereocenters. The van der Waals surface area contributed by atoms with Gasteiger partial charge in [0.15, 0.2) is 0 Å². The molecular weight excluding hydrogens is 304 g/mol. The Hall–Kier alpha value is -1.88. The number of ether oxygens (including phenoxy) is 1. The molecule has 1 aromatic rings. The van der Waals surface area contributed by atoms with Gasteiger partial charge < -0.3 is 14.5 Å². The zero-order valence-corrected chi connectivity index (χ0v) is 14.3. The molecular formula is C19H24N2O3. The van der Waals surface area contributed by atoms with Crippen molar-refractivity contribution in [2.75, 3.05) is 24.7 Å². The summed E-state index contributed by atoms with van der Waals surface area (Å²) >= 11 is 0. The lowest BCUT2D eigenvalue weighted by Crippen LogP contribution is -2.51. The Balaban J connectivity index is 1.51. The highest BCUT2D eigenvalue weighted by Gasteiger charge is 2.45. The van der Waals surface area contributed by atoms with Crippen LogP contribution in [0.4, 0.5) is 5.69 Å². The van der Waals surface area contributed by atoms with E-state index in [-0.39, 0.29) is 29.8 Å². The van der Waals surface area contributed by atoms with Crippen LogP contribution in [0.5, 0.6) is 0 Å². The molecule has 0 unspecified atom stereocenters. The number of carbonyl (C=O) groups is 2. The molecule has 0 aromatic heterocycles. The highest BCUT2D eigenvalue weighted by molar-refractivity contribution is 6.00. The maximum Gasteiger partial charge on any atom is 0.228 e. The highest BCUT2D eigenvalue weighted by Crippen LogP contribution is 2.33. The molecule has 3 saturated heterocycles. The van der Waals surface area contributed by atoms with Gasteiger partial charge in [0, 0.05) is 18.7 Å². The van der Waals surface area contributed by atoms with Crippen LogP contribution in [0.25, 0.3) is 0 Å². The van der Waals surface area contributed by atoms with Gasteiger partial charge in [-0.3, -0.25) is 9.59 Å². The summed E-state index contributed by atoms with van der Waals surface area (Å²) in [6.07, 6.45) is 2.37. The Morgan fingerprint density at radius 1 is 1.12 bits per heavy atom. The van der Waals surface area contributed by atoms with Crippen LogP contribution < -0.4 is 4.90 Å². The van der Waals surface area contributed by atoms with E-state index in [2.05, 4.69) is 6.92 Å². The van der Waals surface area contributed by atoms with Crippen molar-refractivity contribution in [3.8, 4) is 0 Å². The monoisotopic (exact) mass is 328 g/mol. The van der Waals surface area contributed by atoms with Gasteiger partial charge in [-0.25, -0.2) is 0 Å². The number of aryl methyl sites for hydroxylation is 2. The molecule has 1 aromatic carbocycles. The number of fused-ring (bicyclic) bond motifs is 2. The van der Waals surface area contributed by atoms with E-state index in [4.69, 9.17) is 4.74 Å². The molecule has 128 valence electrons. The fourth-order valence-corrected chi connectivity index (χ4v) is 4.22. The number of hydrogen-bond acceptors (Lipinski definition) is 3. The van der Waals surface area contributed by atoms with E-state index >= 15 is 0 Å². The molecule has 24 heavy (non-hydrogen) atoms. The average Bonchev–Trinajstić information content (AvgIpc) is 3.07. The number of hydrogen-bond donors (Lipinski definition) is 0. The first-order valence-electron chi connectivity index (χ1n) is 8.82. The van der Waals surface area contributed by atoms with Crippen LogP contribution in [0.2, 0.25) is 0 Å². The molecule has 0 aliphatic carbocycles. The summed E-state index contributed by atoms with van der Waals surface area (Å²) in [6, 6.07) is 6.48. The summed E-state index contributed by atoms with van der Waals surface area (Å²) in [5.41, 5.74) is 3.28. The summed E-state index contributed by atoms with van der Waals surface area (Å²) < 4.78 is 5.56. The van der Waals surface area contributed by atoms with Crippen molar-refractivity contribution in [2.45, 2.75) is 45.2 Å². The molecule has 0 spiro atoms.